The molecule has 0 unspecified atom stereocenters. The lowest BCUT2D eigenvalue weighted by atomic mass is 9.84. The van der Waals surface area contributed by atoms with E-state index in [0.717, 1.165) is 45.1 Å². The Kier molecular flexibility index (Phi) is 21.2. The second-order valence-electron chi connectivity index (χ2n) is 23.8. The highest BCUT2D eigenvalue weighted by Gasteiger charge is 2.49. The standard InChI is InChI=1S/C60H78ClF3N6O9S3Si/c1-58(2,3)79-57(73)70-35-33-69(34-36-70)48-23-25-51(42-15-19-45(61)20-16-42)52(39-48)55(71)43-27-31-68(32-28-43)47-21-17-44(18-22-47)56(72)66-82(76,77)50-24-26-53(54(40-50)81(74,75)60(62,63)64)65-46(41-80-49-13-11-10-12-14-49)29-30-67(7)37-38-78-83(8,9)59(4,5)6/h10-26,39-40,43,46,55,65,71H,27-38,41H2,1-9H3,(H,66,72)/t46-,55-/m1/s1. The molecule has 5 aromatic rings. The van der Waals surface area contributed by atoms with Crippen molar-refractivity contribution in [1.82, 2.24) is 14.5 Å². The number of piperidine rings is 1. The number of thioether (sulfide) groups is 1. The largest absolute Gasteiger partial charge is 0.501 e. The molecule has 0 aromatic heterocycles. The fourth-order valence-corrected chi connectivity index (χ4v) is 13.8. The molecule has 2 saturated heterocycles. The molecule has 7 rings (SSSR count). The van der Waals surface area contributed by atoms with Crippen LogP contribution in [0.1, 0.15) is 82.8 Å². The number of aliphatic hydroxyl groups is 1. The molecule has 0 aliphatic carbocycles. The van der Waals surface area contributed by atoms with Crippen molar-refractivity contribution in [3.63, 3.8) is 0 Å². The quantitative estimate of drug-likeness (QED) is 0.0467. The number of carbonyl (C=O) groups is 2. The molecule has 83 heavy (non-hydrogen) atoms. The Balaban J connectivity index is 1.01. The van der Waals surface area contributed by atoms with Crippen LogP contribution < -0.4 is 19.8 Å². The number of likely N-dealkylation sites (N-methyl/N-ethyl adjacent to an activating group) is 1. The number of sulfone groups is 1. The number of nitrogens with zero attached hydrogens (tertiary/aromatic N) is 4. The third kappa shape index (κ3) is 17.2. The summed E-state index contributed by atoms with van der Waals surface area (Å²) in [6.45, 7) is 21.1. The Morgan fingerprint density at radius 2 is 1.41 bits per heavy atom. The molecule has 452 valence electrons. The monoisotopic (exact) mass is 1240 g/mol. The van der Waals surface area contributed by atoms with Crippen molar-refractivity contribution in [2.24, 2.45) is 5.92 Å². The average molecular weight is 1240 g/mol. The zero-order chi connectivity index (χ0) is 60.7. The fourth-order valence-electron chi connectivity index (χ4n) is 9.58. The summed E-state index contributed by atoms with van der Waals surface area (Å²) >= 11 is 7.69. The molecule has 2 aliphatic heterocycles. The van der Waals surface area contributed by atoms with Gasteiger partial charge < -0.3 is 39.2 Å². The molecular weight excluding hydrogens is 1170 g/mol. The van der Waals surface area contributed by atoms with Gasteiger partial charge in [-0.2, -0.15) is 13.2 Å². The van der Waals surface area contributed by atoms with Gasteiger partial charge in [0.05, 0.1) is 16.7 Å². The highest BCUT2D eigenvalue weighted by Crippen LogP contribution is 2.41. The Morgan fingerprint density at radius 1 is 0.795 bits per heavy atom. The maximum Gasteiger partial charge on any atom is 0.501 e. The van der Waals surface area contributed by atoms with E-state index >= 15 is 0 Å². The zero-order valence-corrected chi connectivity index (χ0v) is 52.8. The first-order valence-corrected chi connectivity index (χ1v) is 35.0. The van der Waals surface area contributed by atoms with Crippen LogP contribution in [0, 0.1) is 5.92 Å². The number of amides is 2. The number of piperazine rings is 1. The van der Waals surface area contributed by atoms with Gasteiger partial charge in [-0.05, 0) is 173 Å². The lowest BCUT2D eigenvalue weighted by molar-refractivity contribution is -0.0436. The summed E-state index contributed by atoms with van der Waals surface area (Å²) in [6.07, 6.45) is 0.412. The Hall–Kier alpha value is -5.33. The summed E-state index contributed by atoms with van der Waals surface area (Å²) in [7, 11) is -11.2. The minimum Gasteiger partial charge on any atom is -0.444 e. The van der Waals surface area contributed by atoms with Crippen molar-refractivity contribution in [1.29, 1.82) is 0 Å². The summed E-state index contributed by atoms with van der Waals surface area (Å²) < 4.78 is 111. The van der Waals surface area contributed by atoms with Crippen LogP contribution in [-0.2, 0) is 29.0 Å². The van der Waals surface area contributed by atoms with Crippen molar-refractivity contribution >= 4 is 80.6 Å². The van der Waals surface area contributed by atoms with E-state index in [1.54, 1.807) is 17.0 Å². The predicted molar refractivity (Wildman–Crippen MR) is 327 cm³/mol. The number of hydrogen-bond acceptors (Lipinski definition) is 14. The number of anilines is 3. The summed E-state index contributed by atoms with van der Waals surface area (Å²) in [5.74, 6) is -0.886. The molecule has 2 aliphatic rings. The van der Waals surface area contributed by atoms with Crippen molar-refractivity contribution < 1.29 is 53.9 Å². The predicted octanol–water partition coefficient (Wildman–Crippen LogP) is 12.3. The number of sulfonamides is 1. The van der Waals surface area contributed by atoms with Gasteiger partial charge in [0.2, 0.25) is 0 Å². The van der Waals surface area contributed by atoms with E-state index < -0.39 is 72.8 Å². The van der Waals surface area contributed by atoms with Crippen LogP contribution in [-0.4, -0.2) is 141 Å². The van der Waals surface area contributed by atoms with E-state index in [2.05, 4.69) is 49.0 Å². The van der Waals surface area contributed by atoms with Crippen molar-refractivity contribution in [2.45, 2.75) is 117 Å². The molecular formula is C60H78ClF3N6O9S3Si. The topological polar surface area (TPSA) is 178 Å². The maximum absolute atomic E-state index is 14.4. The molecule has 0 radical (unpaired) electrons. The first kappa shape index (κ1) is 65.2. The highest BCUT2D eigenvalue weighted by atomic mass is 35.5. The number of halogens is 4. The van der Waals surface area contributed by atoms with Gasteiger partial charge in [-0.3, -0.25) is 4.79 Å². The second kappa shape index (κ2) is 26.9. The van der Waals surface area contributed by atoms with Crippen LogP contribution in [0.3, 0.4) is 0 Å². The van der Waals surface area contributed by atoms with Crippen LogP contribution in [0.25, 0.3) is 11.1 Å². The van der Waals surface area contributed by atoms with Crippen molar-refractivity contribution in [2.75, 3.05) is 86.9 Å². The van der Waals surface area contributed by atoms with Gasteiger partial charge in [0, 0.05) is 91.1 Å². The maximum atomic E-state index is 14.4. The molecule has 0 bridgehead atoms. The first-order valence-electron chi connectivity index (χ1n) is 27.8. The lowest BCUT2D eigenvalue weighted by Crippen LogP contribution is -2.50. The molecule has 2 atom stereocenters. The Bertz CT molecular complexity index is 3250. The van der Waals surface area contributed by atoms with Gasteiger partial charge in [0.25, 0.3) is 25.8 Å². The second-order valence-corrected chi connectivity index (χ2v) is 33.7. The van der Waals surface area contributed by atoms with Gasteiger partial charge in [0.1, 0.15) is 10.5 Å². The third-order valence-electron chi connectivity index (χ3n) is 15.5. The van der Waals surface area contributed by atoms with Gasteiger partial charge in [-0.1, -0.05) is 68.8 Å². The Morgan fingerprint density at radius 3 is 2.01 bits per heavy atom. The summed E-state index contributed by atoms with van der Waals surface area (Å²) in [6, 6.07) is 30.8. The number of carbonyl (C=O) groups excluding carboxylic acids is 2. The summed E-state index contributed by atoms with van der Waals surface area (Å²) in [5.41, 5.74) is -2.70. The normalized spacial score (nSPS) is 16.0. The number of aliphatic hydroxyl groups excluding tert-OH is 1. The molecule has 15 nitrogen and oxygen atoms in total. The van der Waals surface area contributed by atoms with E-state index in [1.165, 1.54) is 23.9 Å². The Labute approximate surface area is 498 Å². The van der Waals surface area contributed by atoms with Crippen LogP contribution >= 0.6 is 23.4 Å². The van der Waals surface area contributed by atoms with E-state index in [1.807, 2.05) is 110 Å². The van der Waals surface area contributed by atoms with Crippen LogP contribution in [0.5, 0.6) is 0 Å². The summed E-state index contributed by atoms with van der Waals surface area (Å²) in [4.78, 5) is 33.1. The van der Waals surface area contributed by atoms with E-state index in [9.17, 15) is 44.7 Å². The average Bonchev–Trinajstić information content (AvgIpc) is 3.07. The van der Waals surface area contributed by atoms with Crippen molar-refractivity contribution in [3.8, 4) is 11.1 Å². The third-order valence-corrected chi connectivity index (χ3v) is 24.3. The van der Waals surface area contributed by atoms with Gasteiger partial charge in [-0.25, -0.2) is 26.4 Å². The van der Waals surface area contributed by atoms with Crippen LogP contribution in [0.15, 0.2) is 130 Å². The molecule has 2 heterocycles. The molecule has 2 fully saturated rings. The molecule has 3 N–H and O–H groups in total. The van der Waals surface area contributed by atoms with Crippen molar-refractivity contribution in [3.05, 3.63) is 131 Å². The number of ether oxygens (including phenoxy) is 1. The van der Waals surface area contributed by atoms with E-state index in [4.69, 9.17) is 20.8 Å². The number of benzene rings is 5. The molecule has 0 saturated carbocycles. The van der Waals surface area contributed by atoms with Crippen LogP contribution in [0.4, 0.5) is 35.0 Å². The van der Waals surface area contributed by atoms with Gasteiger partial charge >= 0.3 is 11.6 Å². The number of nitrogens with one attached hydrogen (secondary N) is 2. The smallest absolute Gasteiger partial charge is 0.444 e. The molecule has 23 heteroatoms. The van der Waals surface area contributed by atoms with Gasteiger partial charge in [0.15, 0.2) is 8.32 Å². The number of rotatable bonds is 21. The van der Waals surface area contributed by atoms with Gasteiger partial charge in [-0.15, -0.1) is 11.8 Å². The van der Waals surface area contributed by atoms with Crippen LogP contribution in [0.2, 0.25) is 23.2 Å². The van der Waals surface area contributed by atoms with E-state index in [-0.39, 0.29) is 22.6 Å². The zero-order valence-electron chi connectivity index (χ0n) is 48.6. The first-order chi connectivity index (χ1) is 38.8. The summed E-state index contributed by atoms with van der Waals surface area (Å²) in [5, 5.41) is 15.8. The minimum atomic E-state index is -6.13. The van der Waals surface area contributed by atoms with E-state index in [0.29, 0.717) is 95.1 Å². The SMILES string of the molecule is CN(CCO[Si](C)(C)C(C)(C)C)CC[C@H](CSc1ccccc1)Nc1ccc(S(=O)(=O)NC(=O)c2ccc(N3CCC([C@@H](O)c4cc(N5CCN(C(=O)OC(C)(C)C)CC5)ccc4-c4ccc(Cl)cc4)CC3)cc2)cc1S(=O)(=O)C(F)(F)F. The molecule has 2 amide bonds. The number of hydrogen-bond donors (Lipinski definition) is 3. The molecule has 0 spiro atoms. The lowest BCUT2D eigenvalue weighted by Gasteiger charge is -2.38. The minimum absolute atomic E-state index is 0.0162. The molecule has 5 aromatic carbocycles. The highest BCUT2D eigenvalue weighted by molar-refractivity contribution is 7.99. The number of alkyl halides is 3. The fraction of sp³-hybridized carbons (Fsp3) is 0.467.